The van der Waals surface area contributed by atoms with Crippen LogP contribution in [0.4, 0.5) is 4.79 Å². The second kappa shape index (κ2) is 3.47. The summed E-state index contributed by atoms with van der Waals surface area (Å²) in [6, 6.07) is -0.312. The second-order valence-corrected chi connectivity index (χ2v) is 5.46. The van der Waals surface area contributed by atoms with Gasteiger partial charge in [0.1, 0.15) is 6.04 Å². The van der Waals surface area contributed by atoms with Crippen molar-refractivity contribution < 1.29 is 9.59 Å². The first kappa shape index (κ1) is 10.1. The molecule has 1 heterocycles. The van der Waals surface area contributed by atoms with Crippen molar-refractivity contribution in [3.05, 3.63) is 0 Å². The molecule has 3 saturated carbocycles. The SMILES string of the molecule is CC1NC(=O)N(C2CC3CCC2CC3)C1=O. The van der Waals surface area contributed by atoms with E-state index in [0.717, 1.165) is 12.3 Å². The maximum atomic E-state index is 11.9. The van der Waals surface area contributed by atoms with Crippen LogP contribution in [0.15, 0.2) is 0 Å². The summed E-state index contributed by atoms with van der Waals surface area (Å²) in [6.07, 6.45) is 6.01. The van der Waals surface area contributed by atoms with E-state index >= 15 is 0 Å². The highest BCUT2D eigenvalue weighted by Crippen LogP contribution is 2.44. The number of hydrogen-bond donors (Lipinski definition) is 1. The smallest absolute Gasteiger partial charge is 0.325 e. The fourth-order valence-corrected chi connectivity index (χ4v) is 3.60. The van der Waals surface area contributed by atoms with E-state index in [1.807, 2.05) is 0 Å². The van der Waals surface area contributed by atoms with E-state index in [2.05, 4.69) is 5.32 Å². The highest BCUT2D eigenvalue weighted by atomic mass is 16.2. The Balaban J connectivity index is 1.82. The number of urea groups is 1. The van der Waals surface area contributed by atoms with Crippen molar-refractivity contribution in [3.63, 3.8) is 0 Å². The Morgan fingerprint density at radius 1 is 1.19 bits per heavy atom. The van der Waals surface area contributed by atoms with Gasteiger partial charge in [0.2, 0.25) is 0 Å². The lowest BCUT2D eigenvalue weighted by molar-refractivity contribution is -0.131. The van der Waals surface area contributed by atoms with Crippen molar-refractivity contribution in [2.24, 2.45) is 11.8 Å². The first-order valence-electron chi connectivity index (χ1n) is 6.30. The van der Waals surface area contributed by atoms with Gasteiger partial charge < -0.3 is 5.32 Å². The molecule has 4 aliphatic rings. The van der Waals surface area contributed by atoms with Gasteiger partial charge in [0, 0.05) is 6.04 Å². The number of carbonyl (C=O) groups excluding carboxylic acids is 2. The molecule has 4 nitrogen and oxygen atoms in total. The standard InChI is InChI=1S/C12H18N2O2/c1-7-11(15)14(12(16)13-7)10-6-8-2-4-9(10)5-3-8/h7-10H,2-6H2,1H3,(H,13,16). The predicted molar refractivity (Wildman–Crippen MR) is 58.7 cm³/mol. The third-order valence-corrected chi connectivity index (χ3v) is 4.51. The summed E-state index contributed by atoms with van der Waals surface area (Å²) >= 11 is 0. The topological polar surface area (TPSA) is 49.4 Å². The third kappa shape index (κ3) is 1.35. The zero-order chi connectivity index (χ0) is 11.3. The van der Waals surface area contributed by atoms with Crippen LogP contribution in [0.3, 0.4) is 0 Å². The van der Waals surface area contributed by atoms with Crippen LogP contribution in [-0.2, 0) is 4.79 Å². The number of imide groups is 1. The molecule has 4 fully saturated rings. The number of amides is 3. The predicted octanol–water partition coefficient (Wildman–Crippen LogP) is 1.51. The van der Waals surface area contributed by atoms with Crippen molar-refractivity contribution >= 4 is 11.9 Å². The second-order valence-electron chi connectivity index (χ2n) is 5.46. The van der Waals surface area contributed by atoms with Crippen LogP contribution < -0.4 is 5.32 Å². The van der Waals surface area contributed by atoms with Gasteiger partial charge in [-0.2, -0.15) is 0 Å². The van der Waals surface area contributed by atoms with Crippen LogP contribution in [0.2, 0.25) is 0 Å². The summed E-state index contributed by atoms with van der Waals surface area (Å²) in [6.45, 7) is 1.77. The molecule has 88 valence electrons. The highest BCUT2D eigenvalue weighted by Gasteiger charge is 2.46. The maximum Gasteiger partial charge on any atom is 0.325 e. The van der Waals surface area contributed by atoms with Crippen molar-refractivity contribution in [1.29, 1.82) is 0 Å². The molecule has 4 rings (SSSR count). The lowest BCUT2D eigenvalue weighted by Crippen LogP contribution is -2.50. The third-order valence-electron chi connectivity index (χ3n) is 4.51. The van der Waals surface area contributed by atoms with E-state index in [0.29, 0.717) is 5.92 Å². The monoisotopic (exact) mass is 222 g/mol. The Kier molecular flexibility index (Phi) is 2.19. The van der Waals surface area contributed by atoms with E-state index < -0.39 is 0 Å². The summed E-state index contributed by atoms with van der Waals surface area (Å²) in [5.41, 5.74) is 0. The lowest BCUT2D eigenvalue weighted by Gasteiger charge is -2.45. The quantitative estimate of drug-likeness (QED) is 0.684. The average Bonchev–Trinajstić information content (AvgIpc) is 2.54. The zero-order valence-electron chi connectivity index (χ0n) is 9.61. The van der Waals surface area contributed by atoms with Crippen molar-refractivity contribution in [3.8, 4) is 0 Å². The van der Waals surface area contributed by atoms with Gasteiger partial charge in [-0.1, -0.05) is 12.8 Å². The van der Waals surface area contributed by atoms with Crippen molar-refractivity contribution in [1.82, 2.24) is 10.2 Å². The van der Waals surface area contributed by atoms with Gasteiger partial charge in [0.05, 0.1) is 0 Å². The fourth-order valence-electron chi connectivity index (χ4n) is 3.60. The van der Waals surface area contributed by atoms with Crippen LogP contribution in [0.1, 0.15) is 39.0 Å². The summed E-state index contributed by atoms with van der Waals surface area (Å²) in [5, 5.41) is 2.71. The highest BCUT2D eigenvalue weighted by molar-refractivity contribution is 6.04. The summed E-state index contributed by atoms with van der Waals surface area (Å²) in [4.78, 5) is 25.2. The largest absolute Gasteiger partial charge is 0.326 e. The van der Waals surface area contributed by atoms with Gasteiger partial charge >= 0.3 is 6.03 Å². The molecule has 2 atom stereocenters. The molecular formula is C12H18N2O2. The normalized spacial score (nSPS) is 42.7. The van der Waals surface area contributed by atoms with Crippen molar-refractivity contribution in [2.75, 3.05) is 0 Å². The molecule has 16 heavy (non-hydrogen) atoms. The molecule has 2 bridgehead atoms. The lowest BCUT2D eigenvalue weighted by atomic mass is 9.67. The van der Waals surface area contributed by atoms with E-state index in [9.17, 15) is 9.59 Å². The Bertz CT molecular complexity index is 334. The summed E-state index contributed by atoms with van der Waals surface area (Å²) < 4.78 is 0. The molecule has 0 spiro atoms. The molecule has 0 radical (unpaired) electrons. The van der Waals surface area contributed by atoms with Gasteiger partial charge in [0.25, 0.3) is 5.91 Å². The first-order chi connectivity index (χ1) is 7.66. The minimum atomic E-state index is -0.326. The number of fused-ring (bicyclic) bond motifs is 3. The molecular weight excluding hydrogens is 204 g/mol. The molecule has 1 aliphatic heterocycles. The van der Waals surface area contributed by atoms with Gasteiger partial charge in [-0.25, -0.2) is 4.79 Å². The summed E-state index contributed by atoms with van der Waals surface area (Å²) in [5.74, 6) is 1.28. The minimum Gasteiger partial charge on any atom is -0.326 e. The fraction of sp³-hybridized carbons (Fsp3) is 0.833. The number of nitrogens with zero attached hydrogens (tertiary/aromatic N) is 1. The van der Waals surface area contributed by atoms with E-state index in [-0.39, 0.29) is 24.0 Å². The van der Waals surface area contributed by atoms with E-state index in [1.165, 1.54) is 30.6 Å². The molecule has 0 aromatic carbocycles. The van der Waals surface area contributed by atoms with Gasteiger partial charge in [-0.05, 0) is 38.0 Å². The maximum absolute atomic E-state index is 11.9. The average molecular weight is 222 g/mol. The Hall–Kier alpha value is -1.06. The molecule has 4 heteroatoms. The Labute approximate surface area is 95.4 Å². The minimum absolute atomic E-state index is 0.0254. The van der Waals surface area contributed by atoms with Crippen LogP contribution in [0.25, 0.3) is 0 Å². The number of carbonyl (C=O) groups is 2. The van der Waals surface area contributed by atoms with E-state index in [4.69, 9.17) is 0 Å². The van der Waals surface area contributed by atoms with Crippen LogP contribution in [0.5, 0.6) is 0 Å². The van der Waals surface area contributed by atoms with Gasteiger partial charge in [-0.3, -0.25) is 9.69 Å². The van der Waals surface area contributed by atoms with Crippen LogP contribution >= 0.6 is 0 Å². The number of nitrogens with one attached hydrogen (secondary N) is 1. The zero-order valence-corrected chi connectivity index (χ0v) is 9.61. The molecule has 0 aromatic heterocycles. The number of rotatable bonds is 1. The van der Waals surface area contributed by atoms with Crippen LogP contribution in [0, 0.1) is 11.8 Å². The van der Waals surface area contributed by atoms with Crippen molar-refractivity contribution in [2.45, 2.75) is 51.1 Å². The van der Waals surface area contributed by atoms with Crippen LogP contribution in [-0.4, -0.2) is 28.9 Å². The molecule has 1 N–H and O–H groups in total. The molecule has 3 aliphatic carbocycles. The Morgan fingerprint density at radius 2 is 1.88 bits per heavy atom. The van der Waals surface area contributed by atoms with Gasteiger partial charge in [0.15, 0.2) is 0 Å². The number of hydrogen-bond acceptors (Lipinski definition) is 2. The molecule has 1 saturated heterocycles. The first-order valence-corrected chi connectivity index (χ1v) is 6.30. The summed E-state index contributed by atoms with van der Waals surface area (Å²) in [7, 11) is 0. The molecule has 3 amide bonds. The molecule has 0 aromatic rings. The Morgan fingerprint density at radius 3 is 2.31 bits per heavy atom. The molecule has 2 unspecified atom stereocenters. The van der Waals surface area contributed by atoms with Gasteiger partial charge in [-0.15, -0.1) is 0 Å². The van der Waals surface area contributed by atoms with E-state index in [1.54, 1.807) is 6.92 Å².